The number of ether oxygens (including phenoxy) is 3. The maximum absolute atomic E-state index is 13.1. The first-order valence-corrected chi connectivity index (χ1v) is 13.3. The molecule has 0 bridgehead atoms. The van der Waals surface area contributed by atoms with Crippen molar-refractivity contribution in [1.29, 1.82) is 0 Å². The van der Waals surface area contributed by atoms with Crippen LogP contribution in [0.1, 0.15) is 17.2 Å². The van der Waals surface area contributed by atoms with Crippen LogP contribution in [0.15, 0.2) is 115 Å². The van der Waals surface area contributed by atoms with Gasteiger partial charge in [-0.25, -0.2) is 4.79 Å². The van der Waals surface area contributed by atoms with Crippen molar-refractivity contribution in [3.8, 4) is 11.5 Å². The molecule has 4 rings (SSSR count). The molecular formula is C33H33N3O6. The summed E-state index contributed by atoms with van der Waals surface area (Å²) in [6, 6.07) is 30.1. The van der Waals surface area contributed by atoms with Gasteiger partial charge in [-0.05, 0) is 61.5 Å². The summed E-state index contributed by atoms with van der Waals surface area (Å²) in [6.45, 7) is 1.88. The number of nitrogen functional groups attached to an aromatic ring is 1. The molecule has 2 amide bonds. The normalized spacial score (nSPS) is 12.2. The number of amides is 2. The van der Waals surface area contributed by atoms with Gasteiger partial charge in [-0.15, -0.1) is 0 Å². The highest BCUT2D eigenvalue weighted by Gasteiger charge is 2.28. The van der Waals surface area contributed by atoms with Crippen LogP contribution in [-0.4, -0.2) is 36.4 Å². The highest BCUT2D eigenvalue weighted by Crippen LogP contribution is 2.30. The van der Waals surface area contributed by atoms with E-state index in [9.17, 15) is 14.7 Å². The number of carbonyl (C=O) groups excluding carboxylic acids is 2. The molecule has 5 N–H and O–H groups in total. The van der Waals surface area contributed by atoms with Crippen LogP contribution in [0.5, 0.6) is 11.5 Å². The topological polar surface area (TPSA) is 132 Å². The zero-order valence-electron chi connectivity index (χ0n) is 23.1. The van der Waals surface area contributed by atoms with Crippen LogP contribution in [-0.2, 0) is 9.53 Å². The number of rotatable bonds is 12. The van der Waals surface area contributed by atoms with Crippen LogP contribution in [0.2, 0.25) is 0 Å². The minimum atomic E-state index is -1.01. The van der Waals surface area contributed by atoms with Crippen molar-refractivity contribution in [3.63, 3.8) is 0 Å². The summed E-state index contributed by atoms with van der Waals surface area (Å²) >= 11 is 0. The second kappa shape index (κ2) is 14.9. The van der Waals surface area contributed by atoms with Gasteiger partial charge in [-0.1, -0.05) is 60.2 Å². The molecule has 0 heterocycles. The van der Waals surface area contributed by atoms with Crippen LogP contribution in [0.4, 0.5) is 21.9 Å². The fraction of sp³-hybridized carbons (Fsp3) is 0.152. The lowest BCUT2D eigenvalue weighted by atomic mass is 10.0. The summed E-state index contributed by atoms with van der Waals surface area (Å²) in [5.41, 5.74) is 9.00. The molecule has 0 spiro atoms. The Morgan fingerprint density at radius 3 is 2.33 bits per heavy atom. The monoisotopic (exact) mass is 567 g/mol. The quantitative estimate of drug-likeness (QED) is 0.124. The first-order chi connectivity index (χ1) is 20.4. The molecule has 9 heteroatoms. The van der Waals surface area contributed by atoms with Gasteiger partial charge in [-0.2, -0.15) is 0 Å². The Morgan fingerprint density at radius 1 is 0.881 bits per heavy atom. The highest BCUT2D eigenvalue weighted by atomic mass is 16.6. The van der Waals surface area contributed by atoms with E-state index in [0.29, 0.717) is 34.1 Å². The Labute approximate surface area is 244 Å². The van der Waals surface area contributed by atoms with Crippen LogP contribution in [0.25, 0.3) is 0 Å². The number of anilines is 3. The van der Waals surface area contributed by atoms with Gasteiger partial charge in [0.05, 0.1) is 18.0 Å². The van der Waals surface area contributed by atoms with Crippen molar-refractivity contribution < 1.29 is 28.9 Å². The van der Waals surface area contributed by atoms with Crippen LogP contribution < -0.4 is 25.8 Å². The zero-order chi connectivity index (χ0) is 29.7. The van der Waals surface area contributed by atoms with E-state index in [1.807, 2.05) is 37.3 Å². The van der Waals surface area contributed by atoms with Crippen LogP contribution in [0.3, 0.4) is 0 Å². The van der Waals surface area contributed by atoms with Crippen LogP contribution >= 0.6 is 0 Å². The lowest BCUT2D eigenvalue weighted by molar-refractivity contribution is -0.112. The average Bonchev–Trinajstić information content (AvgIpc) is 3.00. The second-order valence-corrected chi connectivity index (χ2v) is 9.29. The Morgan fingerprint density at radius 2 is 1.60 bits per heavy atom. The molecule has 42 heavy (non-hydrogen) atoms. The van der Waals surface area contributed by atoms with Gasteiger partial charge >= 0.3 is 6.09 Å². The summed E-state index contributed by atoms with van der Waals surface area (Å²) in [7, 11) is 0. The standard InChI is InChI=1S/C33H33N3O6/c1-23-14-16-25(17-15-23)35-33(39)42-32(24-8-7-11-27(22-24)40-21-20-37)30(41-26-9-3-2-4-10-26)18-19-31(38)36-29-13-6-5-12-28(29)34/h2-19,22,30,32,37H,20-21,34H2,1H3,(H,35,39)(H,36,38)/b19-18+/t30-,32-/m1/s1. The third kappa shape index (κ3) is 8.87. The molecule has 0 saturated carbocycles. The maximum Gasteiger partial charge on any atom is 0.412 e. The van der Waals surface area contributed by atoms with Crippen molar-refractivity contribution in [3.05, 3.63) is 126 Å². The molecule has 0 aliphatic rings. The maximum atomic E-state index is 13.1. The molecule has 0 fully saturated rings. The predicted molar refractivity (Wildman–Crippen MR) is 163 cm³/mol. The number of benzene rings is 4. The molecule has 9 nitrogen and oxygen atoms in total. The first kappa shape index (κ1) is 29.7. The molecule has 0 aliphatic carbocycles. The van der Waals surface area contributed by atoms with E-state index in [4.69, 9.17) is 19.9 Å². The molecule has 0 aliphatic heterocycles. The smallest absolute Gasteiger partial charge is 0.412 e. The Balaban J connectivity index is 1.66. The van der Waals surface area contributed by atoms with Crippen LogP contribution in [0, 0.1) is 6.92 Å². The fourth-order valence-corrected chi connectivity index (χ4v) is 3.99. The summed E-state index contributed by atoms with van der Waals surface area (Å²) < 4.78 is 17.8. The number of aliphatic hydroxyl groups is 1. The Hall–Kier alpha value is -5.28. The van der Waals surface area contributed by atoms with E-state index in [2.05, 4.69) is 10.6 Å². The van der Waals surface area contributed by atoms with E-state index in [1.54, 1.807) is 72.8 Å². The van der Waals surface area contributed by atoms with Gasteiger partial charge in [-0.3, -0.25) is 10.1 Å². The van der Waals surface area contributed by atoms with Crippen molar-refractivity contribution in [2.24, 2.45) is 0 Å². The Kier molecular flexibility index (Phi) is 10.6. The molecule has 2 atom stereocenters. The van der Waals surface area contributed by atoms with E-state index in [0.717, 1.165) is 5.56 Å². The van der Waals surface area contributed by atoms with Crippen molar-refractivity contribution in [2.45, 2.75) is 19.1 Å². The number of hydrogen-bond donors (Lipinski definition) is 4. The summed E-state index contributed by atoms with van der Waals surface area (Å²) in [4.78, 5) is 26.0. The van der Waals surface area contributed by atoms with Gasteiger partial charge < -0.3 is 30.4 Å². The number of hydrogen-bond acceptors (Lipinski definition) is 7. The molecular weight excluding hydrogens is 534 g/mol. The van der Waals surface area contributed by atoms with E-state index >= 15 is 0 Å². The number of nitrogens with one attached hydrogen (secondary N) is 2. The summed E-state index contributed by atoms with van der Waals surface area (Å²) in [5.74, 6) is 0.520. The van der Waals surface area contributed by atoms with Crippen molar-refractivity contribution >= 4 is 29.1 Å². The minimum Gasteiger partial charge on any atom is -0.491 e. The number of carbonyl (C=O) groups is 2. The minimum absolute atomic E-state index is 0.0928. The highest BCUT2D eigenvalue weighted by molar-refractivity contribution is 6.01. The molecule has 216 valence electrons. The van der Waals surface area contributed by atoms with Crippen molar-refractivity contribution in [2.75, 3.05) is 29.6 Å². The predicted octanol–water partition coefficient (Wildman–Crippen LogP) is 5.88. The number of para-hydroxylation sites is 3. The van der Waals surface area contributed by atoms with Crippen molar-refractivity contribution in [1.82, 2.24) is 0 Å². The van der Waals surface area contributed by atoms with Gasteiger partial charge in [0.2, 0.25) is 5.91 Å². The number of aliphatic hydroxyl groups excluding tert-OH is 1. The first-order valence-electron chi connectivity index (χ1n) is 13.3. The molecule has 0 unspecified atom stereocenters. The molecule has 4 aromatic carbocycles. The molecule has 0 saturated heterocycles. The zero-order valence-corrected chi connectivity index (χ0v) is 23.1. The SMILES string of the molecule is Cc1ccc(NC(=O)O[C@H](c2cccc(OCCO)c2)[C@@H](/C=C/C(=O)Nc2ccccc2N)Oc2ccccc2)cc1. The van der Waals surface area contributed by atoms with Gasteiger partial charge in [0, 0.05) is 17.3 Å². The molecule has 0 radical (unpaired) electrons. The van der Waals surface area contributed by atoms with E-state index in [-0.39, 0.29) is 13.2 Å². The molecule has 4 aromatic rings. The third-order valence-corrected chi connectivity index (χ3v) is 6.05. The van der Waals surface area contributed by atoms with Gasteiger partial charge in [0.1, 0.15) is 18.1 Å². The van der Waals surface area contributed by atoms with Gasteiger partial charge in [0.25, 0.3) is 0 Å². The summed E-state index contributed by atoms with van der Waals surface area (Å²) in [5, 5.41) is 14.7. The average molecular weight is 568 g/mol. The lowest BCUT2D eigenvalue weighted by Crippen LogP contribution is -2.30. The second-order valence-electron chi connectivity index (χ2n) is 9.29. The fourth-order valence-electron chi connectivity index (χ4n) is 3.99. The number of aryl methyl sites for hydroxylation is 1. The largest absolute Gasteiger partial charge is 0.491 e. The van der Waals surface area contributed by atoms with E-state index < -0.39 is 24.2 Å². The third-order valence-electron chi connectivity index (χ3n) is 6.05. The number of nitrogens with two attached hydrogens (primary N) is 1. The molecule has 0 aromatic heterocycles. The van der Waals surface area contributed by atoms with Gasteiger partial charge in [0.15, 0.2) is 12.2 Å². The lowest BCUT2D eigenvalue weighted by Gasteiger charge is -2.26. The van der Waals surface area contributed by atoms with E-state index in [1.165, 1.54) is 12.2 Å². The Bertz CT molecular complexity index is 1490. The summed E-state index contributed by atoms with van der Waals surface area (Å²) in [6.07, 6.45) is 0.150.